The van der Waals surface area contributed by atoms with E-state index in [1.165, 1.54) is 12.8 Å². The zero-order chi connectivity index (χ0) is 24.7. The summed E-state index contributed by atoms with van der Waals surface area (Å²) in [7, 11) is 0. The maximum Gasteiger partial charge on any atom is 0.162 e. The van der Waals surface area contributed by atoms with Crippen LogP contribution in [0, 0.1) is 10.8 Å². The fourth-order valence-corrected chi connectivity index (χ4v) is 6.17. The molecule has 1 aliphatic heterocycles. The molecule has 34 heavy (non-hydrogen) atoms. The van der Waals surface area contributed by atoms with E-state index in [1.54, 1.807) is 0 Å². The Bertz CT molecular complexity index is 1010. The molecule has 0 atom stereocenters. The fraction of sp³-hybridized carbons (Fsp3) is 0.586. The van der Waals surface area contributed by atoms with Crippen LogP contribution < -0.4 is 10.1 Å². The molecule has 1 aromatic rings. The number of hydrogen-bond donors (Lipinski definition) is 1. The molecule has 0 unspecified atom stereocenters. The van der Waals surface area contributed by atoms with E-state index in [4.69, 9.17) is 4.74 Å². The van der Waals surface area contributed by atoms with Crippen molar-refractivity contribution in [2.75, 3.05) is 6.61 Å². The number of nitrogens with one attached hydrogen (secondary N) is 1. The second kappa shape index (κ2) is 9.64. The molecule has 4 nitrogen and oxygen atoms in total. The summed E-state index contributed by atoms with van der Waals surface area (Å²) in [5, 5.41) is 3.59. The monoisotopic (exact) mass is 527 g/mol. The Balaban J connectivity index is 1.81. The van der Waals surface area contributed by atoms with Crippen LogP contribution in [-0.2, 0) is 9.59 Å². The van der Waals surface area contributed by atoms with Gasteiger partial charge in [0, 0.05) is 51.3 Å². The topological polar surface area (TPSA) is 55.4 Å². The molecule has 3 aliphatic rings. The number of allylic oxidation sites excluding steroid dienone is 4. The Labute approximate surface area is 212 Å². The lowest BCUT2D eigenvalue weighted by Gasteiger charge is -2.44. The van der Waals surface area contributed by atoms with Crippen molar-refractivity contribution in [2.45, 2.75) is 91.9 Å². The predicted molar refractivity (Wildman–Crippen MR) is 140 cm³/mol. The Hall–Kier alpha value is -1.88. The summed E-state index contributed by atoms with van der Waals surface area (Å²) in [6.45, 7) is 11.4. The number of dihydropyridines is 1. The van der Waals surface area contributed by atoms with Gasteiger partial charge in [0.1, 0.15) is 5.75 Å². The molecule has 1 aromatic carbocycles. The molecule has 0 saturated heterocycles. The first-order valence-corrected chi connectivity index (χ1v) is 13.5. The molecule has 0 spiro atoms. The first kappa shape index (κ1) is 25.2. The van der Waals surface area contributed by atoms with E-state index < -0.39 is 0 Å². The van der Waals surface area contributed by atoms with Crippen LogP contribution in [0.2, 0.25) is 0 Å². The van der Waals surface area contributed by atoms with Crippen molar-refractivity contribution < 1.29 is 14.3 Å². The SMILES string of the molecule is CCCCCCOc1ccc(Br)cc1C1C2=C(CC(C)(C)CC2=O)NC2=C1C(=O)CC(C)(C)C2. The summed E-state index contributed by atoms with van der Waals surface area (Å²) in [4.78, 5) is 27.2. The molecule has 5 heteroatoms. The Morgan fingerprint density at radius 2 is 1.50 bits per heavy atom. The van der Waals surface area contributed by atoms with Crippen LogP contribution in [0.1, 0.15) is 97.5 Å². The summed E-state index contributed by atoms with van der Waals surface area (Å²) >= 11 is 3.63. The number of halogens is 1. The molecule has 0 bridgehead atoms. The third kappa shape index (κ3) is 5.19. The standard InChI is InChI=1S/C29H38BrNO3/c1-6-7-8-9-12-34-24-11-10-18(30)13-19(24)25-26-20(14-28(2,3)16-22(26)32)31-21-15-29(4,5)17-23(33)27(21)25/h10-11,13,25,31H,6-9,12,14-17H2,1-5H3. The summed E-state index contributed by atoms with van der Waals surface area (Å²) in [5.74, 6) is 0.686. The molecule has 2 aliphatic carbocycles. The number of hydrogen-bond acceptors (Lipinski definition) is 4. The van der Waals surface area contributed by atoms with Gasteiger partial charge in [-0.05, 0) is 48.3 Å². The smallest absolute Gasteiger partial charge is 0.162 e. The fourth-order valence-electron chi connectivity index (χ4n) is 5.79. The molecule has 0 fully saturated rings. The molecular weight excluding hydrogens is 490 g/mol. The van der Waals surface area contributed by atoms with Crippen LogP contribution in [0.3, 0.4) is 0 Å². The molecule has 0 amide bonds. The maximum atomic E-state index is 13.6. The average molecular weight is 529 g/mol. The van der Waals surface area contributed by atoms with E-state index in [2.05, 4.69) is 55.9 Å². The van der Waals surface area contributed by atoms with E-state index in [0.717, 1.165) is 64.0 Å². The number of carbonyl (C=O) groups excluding carboxylic acids is 2. The van der Waals surface area contributed by atoms with Crippen molar-refractivity contribution >= 4 is 27.5 Å². The van der Waals surface area contributed by atoms with Gasteiger partial charge in [-0.25, -0.2) is 0 Å². The van der Waals surface area contributed by atoms with Crippen LogP contribution in [0.15, 0.2) is 45.2 Å². The average Bonchev–Trinajstić information content (AvgIpc) is 2.71. The van der Waals surface area contributed by atoms with Crippen LogP contribution in [0.5, 0.6) is 5.75 Å². The van der Waals surface area contributed by atoms with E-state index >= 15 is 0 Å². The largest absolute Gasteiger partial charge is 0.493 e. The maximum absolute atomic E-state index is 13.6. The zero-order valence-electron chi connectivity index (χ0n) is 21.3. The number of unbranched alkanes of at least 4 members (excludes halogenated alkanes) is 3. The summed E-state index contributed by atoms with van der Waals surface area (Å²) < 4.78 is 7.22. The minimum Gasteiger partial charge on any atom is -0.493 e. The molecule has 0 aromatic heterocycles. The molecule has 0 radical (unpaired) electrons. The highest BCUT2D eigenvalue weighted by Gasteiger charge is 2.47. The third-order valence-corrected chi connectivity index (χ3v) is 7.75. The van der Waals surface area contributed by atoms with Crippen LogP contribution in [0.25, 0.3) is 0 Å². The van der Waals surface area contributed by atoms with E-state index in [9.17, 15) is 9.59 Å². The summed E-state index contributed by atoms with van der Waals surface area (Å²) in [6.07, 6.45) is 7.11. The number of benzene rings is 1. The van der Waals surface area contributed by atoms with Gasteiger partial charge in [-0.3, -0.25) is 9.59 Å². The number of ketones is 2. The van der Waals surface area contributed by atoms with E-state index in [1.807, 2.05) is 18.2 Å². The van der Waals surface area contributed by atoms with Crippen LogP contribution in [-0.4, -0.2) is 18.2 Å². The Kier molecular flexibility index (Phi) is 7.15. The number of rotatable bonds is 7. The first-order valence-electron chi connectivity index (χ1n) is 12.7. The van der Waals surface area contributed by atoms with Gasteiger partial charge >= 0.3 is 0 Å². The highest BCUT2D eigenvalue weighted by Crippen LogP contribution is 2.52. The lowest BCUT2D eigenvalue weighted by atomic mass is 9.64. The molecule has 1 heterocycles. The van der Waals surface area contributed by atoms with Crippen molar-refractivity contribution in [1.82, 2.24) is 5.32 Å². The highest BCUT2D eigenvalue weighted by atomic mass is 79.9. The van der Waals surface area contributed by atoms with Crippen molar-refractivity contribution in [2.24, 2.45) is 10.8 Å². The number of ether oxygens (including phenoxy) is 1. The first-order chi connectivity index (χ1) is 16.0. The van der Waals surface area contributed by atoms with Crippen molar-refractivity contribution in [1.29, 1.82) is 0 Å². The van der Waals surface area contributed by atoms with Crippen molar-refractivity contribution in [3.8, 4) is 5.75 Å². The van der Waals surface area contributed by atoms with Crippen molar-refractivity contribution in [3.05, 3.63) is 50.8 Å². The second-order valence-corrected chi connectivity index (χ2v) is 12.7. The van der Waals surface area contributed by atoms with Crippen molar-refractivity contribution in [3.63, 3.8) is 0 Å². The van der Waals surface area contributed by atoms with Gasteiger partial charge in [-0.1, -0.05) is 69.8 Å². The molecule has 1 N–H and O–H groups in total. The van der Waals surface area contributed by atoms with E-state index in [-0.39, 0.29) is 28.3 Å². The minimum atomic E-state index is -0.374. The normalized spacial score (nSPS) is 21.8. The zero-order valence-corrected chi connectivity index (χ0v) is 22.9. The van der Waals surface area contributed by atoms with Gasteiger partial charge in [0.2, 0.25) is 0 Å². The Morgan fingerprint density at radius 3 is 2.06 bits per heavy atom. The van der Waals surface area contributed by atoms with Gasteiger partial charge in [-0.15, -0.1) is 0 Å². The molecular formula is C29H38BrNO3. The highest BCUT2D eigenvalue weighted by molar-refractivity contribution is 9.10. The molecule has 0 saturated carbocycles. The van der Waals surface area contributed by atoms with Gasteiger partial charge in [0.15, 0.2) is 11.6 Å². The van der Waals surface area contributed by atoms with Gasteiger partial charge in [0.05, 0.1) is 6.61 Å². The summed E-state index contributed by atoms with van der Waals surface area (Å²) in [5.41, 5.74) is 4.23. The predicted octanol–water partition coefficient (Wildman–Crippen LogP) is 7.38. The minimum absolute atomic E-state index is 0.102. The lowest BCUT2D eigenvalue weighted by Crippen LogP contribution is -2.42. The number of carbonyl (C=O) groups is 2. The van der Waals surface area contributed by atoms with Gasteiger partial charge in [0.25, 0.3) is 0 Å². The molecule has 4 rings (SSSR count). The van der Waals surface area contributed by atoms with E-state index in [0.29, 0.717) is 19.4 Å². The quantitative estimate of drug-likeness (QED) is 0.375. The number of Topliss-reactive ketones (excluding diaryl/α,β-unsaturated/α-hetero) is 2. The lowest BCUT2D eigenvalue weighted by molar-refractivity contribution is -0.119. The summed E-state index contributed by atoms with van der Waals surface area (Å²) in [6, 6.07) is 6.01. The van der Waals surface area contributed by atoms with Gasteiger partial charge in [-0.2, -0.15) is 0 Å². The van der Waals surface area contributed by atoms with Gasteiger partial charge < -0.3 is 10.1 Å². The van der Waals surface area contributed by atoms with Crippen LogP contribution >= 0.6 is 15.9 Å². The van der Waals surface area contributed by atoms with Crippen LogP contribution in [0.4, 0.5) is 0 Å². The second-order valence-electron chi connectivity index (χ2n) is 11.8. The third-order valence-electron chi connectivity index (χ3n) is 7.26. The Morgan fingerprint density at radius 1 is 0.912 bits per heavy atom. The molecule has 184 valence electrons.